The molecule has 1 fully saturated rings. The zero-order chi connectivity index (χ0) is 19.5. The van der Waals surface area contributed by atoms with E-state index in [9.17, 15) is 9.59 Å². The Hall–Kier alpha value is -2.87. The number of rotatable bonds is 4. The van der Waals surface area contributed by atoms with Gasteiger partial charge in [0.15, 0.2) is 0 Å². The SMILES string of the molecule is Cc1nc(C(=O)N2CCC(Cn3cnc(-c4ccncc4)cc3=O)CC2)cs1. The summed E-state index contributed by atoms with van der Waals surface area (Å²) in [4.78, 5) is 39.5. The van der Waals surface area contributed by atoms with Gasteiger partial charge in [-0.3, -0.25) is 19.1 Å². The van der Waals surface area contributed by atoms with Crippen molar-refractivity contribution in [1.29, 1.82) is 0 Å². The number of aromatic nitrogens is 4. The molecular formula is C20H21N5O2S. The smallest absolute Gasteiger partial charge is 0.273 e. The van der Waals surface area contributed by atoms with Crippen LogP contribution in [0, 0.1) is 12.8 Å². The average molecular weight is 395 g/mol. The number of piperidine rings is 1. The van der Waals surface area contributed by atoms with Crippen LogP contribution >= 0.6 is 11.3 Å². The van der Waals surface area contributed by atoms with E-state index < -0.39 is 0 Å². The van der Waals surface area contributed by atoms with Crippen LogP contribution in [-0.2, 0) is 6.54 Å². The number of thiazole rings is 1. The van der Waals surface area contributed by atoms with Gasteiger partial charge in [0.2, 0.25) is 0 Å². The van der Waals surface area contributed by atoms with E-state index in [0.29, 0.717) is 36.9 Å². The van der Waals surface area contributed by atoms with E-state index in [4.69, 9.17) is 0 Å². The fourth-order valence-corrected chi connectivity index (χ4v) is 4.05. The summed E-state index contributed by atoms with van der Waals surface area (Å²) >= 11 is 1.49. The van der Waals surface area contributed by atoms with E-state index in [-0.39, 0.29) is 11.5 Å². The Balaban J connectivity index is 1.37. The highest BCUT2D eigenvalue weighted by Crippen LogP contribution is 2.21. The van der Waals surface area contributed by atoms with Gasteiger partial charge in [-0.05, 0) is 37.8 Å². The third-order valence-corrected chi connectivity index (χ3v) is 5.82. The van der Waals surface area contributed by atoms with Crippen molar-refractivity contribution in [3.63, 3.8) is 0 Å². The third-order valence-electron chi connectivity index (χ3n) is 5.05. The van der Waals surface area contributed by atoms with E-state index in [1.165, 1.54) is 11.3 Å². The lowest BCUT2D eigenvalue weighted by Crippen LogP contribution is -2.40. The molecule has 4 heterocycles. The Bertz CT molecular complexity index is 1020. The molecule has 0 bridgehead atoms. The number of carbonyl (C=O) groups excluding carboxylic acids is 1. The molecule has 0 spiro atoms. The van der Waals surface area contributed by atoms with Crippen molar-refractivity contribution < 1.29 is 4.79 Å². The number of hydrogen-bond donors (Lipinski definition) is 0. The van der Waals surface area contributed by atoms with Gasteiger partial charge >= 0.3 is 0 Å². The molecule has 0 unspecified atom stereocenters. The van der Waals surface area contributed by atoms with Crippen molar-refractivity contribution in [2.45, 2.75) is 26.3 Å². The first-order valence-electron chi connectivity index (χ1n) is 9.28. The van der Waals surface area contributed by atoms with Gasteiger partial charge < -0.3 is 4.90 Å². The first-order valence-corrected chi connectivity index (χ1v) is 10.2. The van der Waals surface area contributed by atoms with Crippen molar-refractivity contribution in [1.82, 2.24) is 24.4 Å². The summed E-state index contributed by atoms with van der Waals surface area (Å²) < 4.78 is 1.66. The lowest BCUT2D eigenvalue weighted by Gasteiger charge is -2.31. The minimum atomic E-state index is -0.0572. The molecular weight excluding hydrogens is 374 g/mol. The Morgan fingerprint density at radius 3 is 2.64 bits per heavy atom. The molecule has 0 atom stereocenters. The molecule has 0 aliphatic carbocycles. The zero-order valence-corrected chi connectivity index (χ0v) is 16.4. The molecule has 0 aromatic carbocycles. The van der Waals surface area contributed by atoms with Crippen LogP contribution in [-0.4, -0.2) is 43.4 Å². The number of aryl methyl sites for hydroxylation is 1. The third kappa shape index (κ3) is 4.01. The van der Waals surface area contributed by atoms with Gasteiger partial charge in [-0.2, -0.15) is 0 Å². The van der Waals surface area contributed by atoms with Crippen molar-refractivity contribution >= 4 is 17.2 Å². The monoisotopic (exact) mass is 395 g/mol. The number of nitrogens with zero attached hydrogens (tertiary/aromatic N) is 5. The Labute approximate surface area is 166 Å². The standard InChI is InChI=1S/C20H21N5O2S/c1-14-23-18(12-28-14)20(27)24-8-4-15(5-9-24)11-25-13-22-17(10-19(25)26)16-2-6-21-7-3-16/h2-3,6-7,10,12-13,15H,4-5,8-9,11H2,1H3. The van der Waals surface area contributed by atoms with Gasteiger partial charge in [0.05, 0.1) is 17.0 Å². The maximum atomic E-state index is 12.5. The number of likely N-dealkylation sites (tertiary alicyclic amines) is 1. The maximum absolute atomic E-state index is 12.5. The maximum Gasteiger partial charge on any atom is 0.273 e. The first-order chi connectivity index (χ1) is 13.6. The van der Waals surface area contributed by atoms with Gasteiger partial charge in [0.25, 0.3) is 11.5 Å². The van der Waals surface area contributed by atoms with Crippen LogP contribution in [0.25, 0.3) is 11.3 Å². The van der Waals surface area contributed by atoms with Gasteiger partial charge in [-0.15, -0.1) is 11.3 Å². The Morgan fingerprint density at radius 1 is 1.25 bits per heavy atom. The van der Waals surface area contributed by atoms with E-state index in [2.05, 4.69) is 15.0 Å². The summed E-state index contributed by atoms with van der Waals surface area (Å²) in [6.07, 6.45) is 6.73. The fourth-order valence-electron chi connectivity index (χ4n) is 3.46. The van der Waals surface area contributed by atoms with Crippen molar-refractivity contribution in [2.75, 3.05) is 13.1 Å². The molecule has 3 aromatic rings. The lowest BCUT2D eigenvalue weighted by molar-refractivity contribution is 0.0677. The minimum Gasteiger partial charge on any atom is -0.337 e. The summed E-state index contributed by atoms with van der Waals surface area (Å²) in [5.74, 6) is 0.357. The van der Waals surface area contributed by atoms with Crippen molar-refractivity contribution in [3.8, 4) is 11.3 Å². The molecule has 0 radical (unpaired) electrons. The van der Waals surface area contributed by atoms with E-state index in [1.807, 2.05) is 29.3 Å². The quantitative estimate of drug-likeness (QED) is 0.678. The summed E-state index contributed by atoms with van der Waals surface area (Å²) in [6.45, 7) is 3.91. The van der Waals surface area contributed by atoms with E-state index >= 15 is 0 Å². The highest BCUT2D eigenvalue weighted by molar-refractivity contribution is 7.09. The van der Waals surface area contributed by atoms with E-state index in [0.717, 1.165) is 23.4 Å². The molecule has 1 amide bonds. The van der Waals surface area contributed by atoms with Gasteiger partial charge in [0.1, 0.15) is 5.69 Å². The highest BCUT2D eigenvalue weighted by Gasteiger charge is 2.25. The topological polar surface area (TPSA) is 81.0 Å². The van der Waals surface area contributed by atoms with Crippen LogP contribution < -0.4 is 5.56 Å². The second-order valence-electron chi connectivity index (χ2n) is 6.99. The largest absolute Gasteiger partial charge is 0.337 e. The van der Waals surface area contributed by atoms with Gasteiger partial charge in [-0.25, -0.2) is 9.97 Å². The minimum absolute atomic E-state index is 0.00309. The molecule has 3 aromatic heterocycles. The number of pyridine rings is 1. The predicted molar refractivity (Wildman–Crippen MR) is 107 cm³/mol. The van der Waals surface area contributed by atoms with Crippen molar-refractivity contribution in [2.24, 2.45) is 5.92 Å². The molecule has 7 nitrogen and oxygen atoms in total. The second-order valence-corrected chi connectivity index (χ2v) is 8.05. The molecule has 28 heavy (non-hydrogen) atoms. The van der Waals surface area contributed by atoms with Crippen LogP contribution in [0.1, 0.15) is 28.3 Å². The normalized spacial score (nSPS) is 15.0. The molecule has 1 aliphatic rings. The number of carbonyl (C=O) groups is 1. The number of amides is 1. The van der Waals surface area contributed by atoms with Crippen LogP contribution in [0.2, 0.25) is 0 Å². The van der Waals surface area contributed by atoms with Gasteiger partial charge in [-0.1, -0.05) is 0 Å². The van der Waals surface area contributed by atoms with E-state index in [1.54, 1.807) is 29.4 Å². The van der Waals surface area contributed by atoms with Crippen LogP contribution in [0.3, 0.4) is 0 Å². The Morgan fingerprint density at radius 2 is 2.00 bits per heavy atom. The number of hydrogen-bond acceptors (Lipinski definition) is 6. The molecule has 1 aliphatic heterocycles. The summed E-state index contributed by atoms with van der Waals surface area (Å²) in [6, 6.07) is 5.24. The molecule has 0 saturated carbocycles. The molecule has 1 saturated heterocycles. The fraction of sp³-hybridized carbons (Fsp3) is 0.350. The van der Waals surface area contributed by atoms with Gasteiger partial charge in [0, 0.05) is 49.0 Å². The second kappa shape index (κ2) is 8.02. The lowest BCUT2D eigenvalue weighted by atomic mass is 9.96. The molecule has 4 rings (SSSR count). The predicted octanol–water partition coefficient (Wildman–Crippen LogP) is 2.62. The molecule has 0 N–H and O–H groups in total. The molecule has 144 valence electrons. The molecule has 8 heteroatoms. The zero-order valence-electron chi connectivity index (χ0n) is 15.6. The van der Waals surface area contributed by atoms with Crippen LogP contribution in [0.15, 0.2) is 47.1 Å². The van der Waals surface area contributed by atoms with Crippen LogP contribution in [0.5, 0.6) is 0 Å². The van der Waals surface area contributed by atoms with Crippen molar-refractivity contribution in [3.05, 3.63) is 63.4 Å². The first kappa shape index (κ1) is 18.5. The average Bonchev–Trinajstić information content (AvgIpc) is 3.16. The Kier molecular flexibility index (Phi) is 5.29. The summed E-state index contributed by atoms with van der Waals surface area (Å²) in [5, 5.41) is 2.72. The summed E-state index contributed by atoms with van der Waals surface area (Å²) in [5.41, 5.74) is 2.01. The van der Waals surface area contributed by atoms with Crippen LogP contribution in [0.4, 0.5) is 0 Å². The summed E-state index contributed by atoms with van der Waals surface area (Å²) in [7, 11) is 0. The highest BCUT2D eigenvalue weighted by atomic mass is 32.1.